The largest absolute Gasteiger partial charge is 0.504 e. The molecule has 1 fully saturated rings. The van der Waals surface area contributed by atoms with Crippen LogP contribution in [0.15, 0.2) is 48.5 Å². The molecule has 1 amide bonds. The summed E-state index contributed by atoms with van der Waals surface area (Å²) in [6.07, 6.45) is 6.05. The monoisotopic (exact) mass is 383 g/mol. The zero-order valence-corrected chi connectivity index (χ0v) is 15.6. The minimum atomic E-state index is -0.218. The zero-order chi connectivity index (χ0) is 19.8. The van der Waals surface area contributed by atoms with Crippen molar-refractivity contribution in [1.29, 1.82) is 0 Å². The number of phenolic OH excluding ortho intramolecular Hbond substituents is 2. The van der Waals surface area contributed by atoms with E-state index >= 15 is 0 Å². The number of phenols is 2. The Morgan fingerprint density at radius 1 is 1.18 bits per heavy atom. The molecular weight excluding hydrogens is 358 g/mol. The molecule has 1 unspecified atom stereocenters. The van der Waals surface area contributed by atoms with Gasteiger partial charge in [0.15, 0.2) is 11.5 Å². The number of nitrogens with one attached hydrogen (secondary N) is 1. The number of amides is 1. The van der Waals surface area contributed by atoms with Gasteiger partial charge in [0.1, 0.15) is 12.4 Å². The molecule has 0 aromatic heterocycles. The Balaban J connectivity index is 1.38. The maximum absolute atomic E-state index is 11.9. The summed E-state index contributed by atoms with van der Waals surface area (Å²) in [5.74, 6) is 0.197. The Morgan fingerprint density at radius 2 is 2.00 bits per heavy atom. The van der Waals surface area contributed by atoms with Crippen molar-refractivity contribution in [2.24, 2.45) is 0 Å². The number of carbonyl (C=O) groups excluding carboxylic acids is 1. The van der Waals surface area contributed by atoms with Gasteiger partial charge < -0.3 is 25.0 Å². The van der Waals surface area contributed by atoms with Crippen molar-refractivity contribution in [3.63, 3.8) is 0 Å². The van der Waals surface area contributed by atoms with E-state index in [9.17, 15) is 15.0 Å². The fourth-order valence-corrected chi connectivity index (χ4v) is 2.92. The zero-order valence-electron chi connectivity index (χ0n) is 15.6. The van der Waals surface area contributed by atoms with Crippen molar-refractivity contribution < 1.29 is 24.5 Å². The lowest BCUT2D eigenvalue weighted by Gasteiger charge is -2.11. The second-order valence-corrected chi connectivity index (χ2v) is 6.71. The maximum Gasteiger partial charge on any atom is 0.244 e. The molecule has 0 spiro atoms. The van der Waals surface area contributed by atoms with E-state index in [0.717, 1.165) is 30.8 Å². The van der Waals surface area contributed by atoms with Crippen molar-refractivity contribution in [1.82, 2.24) is 5.32 Å². The third-order valence-corrected chi connectivity index (χ3v) is 4.52. The highest BCUT2D eigenvalue weighted by Gasteiger charge is 2.15. The molecule has 6 heteroatoms. The smallest absolute Gasteiger partial charge is 0.244 e. The number of carbonyl (C=O) groups is 1. The fourth-order valence-electron chi connectivity index (χ4n) is 2.92. The van der Waals surface area contributed by atoms with Crippen LogP contribution >= 0.6 is 0 Å². The first-order chi connectivity index (χ1) is 13.6. The lowest BCUT2D eigenvalue weighted by Crippen LogP contribution is -2.23. The minimum Gasteiger partial charge on any atom is -0.504 e. The first kappa shape index (κ1) is 19.8. The summed E-state index contributed by atoms with van der Waals surface area (Å²) in [5, 5.41) is 21.5. The number of hydrogen-bond donors (Lipinski definition) is 3. The molecule has 1 aliphatic heterocycles. The Hall–Kier alpha value is -2.99. The lowest BCUT2D eigenvalue weighted by molar-refractivity contribution is -0.116. The molecule has 1 aliphatic rings. The van der Waals surface area contributed by atoms with Crippen LogP contribution in [-0.4, -0.2) is 42.0 Å². The third-order valence-electron chi connectivity index (χ3n) is 4.52. The van der Waals surface area contributed by atoms with E-state index in [1.807, 2.05) is 24.3 Å². The van der Waals surface area contributed by atoms with E-state index in [-0.39, 0.29) is 23.5 Å². The van der Waals surface area contributed by atoms with Gasteiger partial charge in [0.2, 0.25) is 5.91 Å². The topological polar surface area (TPSA) is 88.0 Å². The van der Waals surface area contributed by atoms with Crippen LogP contribution in [0, 0.1) is 0 Å². The average molecular weight is 383 g/mol. The summed E-state index contributed by atoms with van der Waals surface area (Å²) in [5.41, 5.74) is 1.74. The summed E-state index contributed by atoms with van der Waals surface area (Å²) >= 11 is 0. The molecule has 3 rings (SSSR count). The van der Waals surface area contributed by atoms with Gasteiger partial charge in [-0.2, -0.15) is 0 Å². The fraction of sp³-hybridized carbons (Fsp3) is 0.318. The number of ether oxygens (including phenoxy) is 2. The molecule has 1 heterocycles. The Bertz CT molecular complexity index is 810. The number of hydrogen-bond acceptors (Lipinski definition) is 5. The van der Waals surface area contributed by atoms with Gasteiger partial charge in [0.05, 0.1) is 6.10 Å². The summed E-state index contributed by atoms with van der Waals surface area (Å²) in [4.78, 5) is 11.9. The van der Waals surface area contributed by atoms with Gasteiger partial charge in [-0.25, -0.2) is 0 Å². The summed E-state index contributed by atoms with van der Waals surface area (Å²) < 4.78 is 11.3. The van der Waals surface area contributed by atoms with Gasteiger partial charge in [-0.3, -0.25) is 4.79 Å². The number of rotatable bonds is 8. The van der Waals surface area contributed by atoms with Gasteiger partial charge in [0.25, 0.3) is 0 Å². The minimum absolute atomic E-state index is 0.190. The Labute approximate surface area is 164 Å². The number of benzene rings is 2. The molecule has 2 aromatic rings. The van der Waals surface area contributed by atoms with Crippen molar-refractivity contribution in [3.8, 4) is 17.2 Å². The van der Waals surface area contributed by atoms with Crippen molar-refractivity contribution in [2.45, 2.75) is 25.4 Å². The standard InChI is InChI=1S/C22H25NO5/c24-20-9-5-17(14-21(20)25)6-10-22(26)23-12-11-16-3-7-18(8-4-16)28-15-19-2-1-13-27-19/h3-10,14,19,24-25H,1-2,11-13,15H2,(H,23,26)/b10-6+. The van der Waals surface area contributed by atoms with Crippen LogP contribution in [0.3, 0.4) is 0 Å². The molecule has 28 heavy (non-hydrogen) atoms. The highest BCUT2D eigenvalue weighted by molar-refractivity contribution is 5.91. The summed E-state index contributed by atoms with van der Waals surface area (Å²) in [7, 11) is 0. The van der Waals surface area contributed by atoms with Crippen LogP contribution in [0.1, 0.15) is 24.0 Å². The van der Waals surface area contributed by atoms with E-state index in [1.165, 1.54) is 18.2 Å². The SMILES string of the molecule is O=C(/C=C/c1ccc(O)c(O)c1)NCCc1ccc(OCC2CCCO2)cc1. The van der Waals surface area contributed by atoms with E-state index in [2.05, 4.69) is 5.32 Å². The molecule has 0 bridgehead atoms. The first-order valence-corrected chi connectivity index (χ1v) is 9.41. The van der Waals surface area contributed by atoms with Crippen LogP contribution < -0.4 is 10.1 Å². The molecule has 0 radical (unpaired) electrons. The predicted octanol–water partition coefficient (Wildman–Crippen LogP) is 3.03. The Kier molecular flexibility index (Phi) is 6.92. The van der Waals surface area contributed by atoms with Gasteiger partial charge in [-0.1, -0.05) is 18.2 Å². The predicted molar refractivity (Wildman–Crippen MR) is 106 cm³/mol. The second kappa shape index (κ2) is 9.80. The van der Waals surface area contributed by atoms with Crippen molar-refractivity contribution in [2.75, 3.05) is 19.8 Å². The average Bonchev–Trinajstić information content (AvgIpc) is 3.22. The van der Waals surface area contributed by atoms with Gasteiger partial charge in [-0.05, 0) is 60.7 Å². The van der Waals surface area contributed by atoms with E-state index < -0.39 is 0 Å². The van der Waals surface area contributed by atoms with E-state index in [0.29, 0.717) is 25.1 Å². The highest BCUT2D eigenvalue weighted by Crippen LogP contribution is 2.25. The van der Waals surface area contributed by atoms with Gasteiger partial charge in [0, 0.05) is 19.2 Å². The quantitative estimate of drug-likeness (QED) is 0.482. The lowest BCUT2D eigenvalue weighted by atomic mass is 10.1. The highest BCUT2D eigenvalue weighted by atomic mass is 16.5. The van der Waals surface area contributed by atoms with E-state index in [4.69, 9.17) is 9.47 Å². The molecule has 1 saturated heterocycles. The van der Waals surface area contributed by atoms with Crippen LogP contribution in [0.25, 0.3) is 6.08 Å². The second-order valence-electron chi connectivity index (χ2n) is 6.71. The van der Waals surface area contributed by atoms with Crippen molar-refractivity contribution in [3.05, 3.63) is 59.7 Å². The van der Waals surface area contributed by atoms with Crippen molar-refractivity contribution >= 4 is 12.0 Å². The van der Waals surface area contributed by atoms with Crippen LogP contribution in [0.4, 0.5) is 0 Å². The van der Waals surface area contributed by atoms with Gasteiger partial charge >= 0.3 is 0 Å². The molecule has 1 atom stereocenters. The summed E-state index contributed by atoms with van der Waals surface area (Å²) in [6.45, 7) is 1.92. The van der Waals surface area contributed by atoms with Crippen LogP contribution in [0.5, 0.6) is 17.2 Å². The molecule has 2 aromatic carbocycles. The van der Waals surface area contributed by atoms with E-state index in [1.54, 1.807) is 12.1 Å². The number of aromatic hydroxyl groups is 2. The third kappa shape index (κ3) is 6.03. The maximum atomic E-state index is 11.9. The van der Waals surface area contributed by atoms with Crippen LogP contribution in [0.2, 0.25) is 0 Å². The molecule has 0 aliphatic carbocycles. The molecule has 3 N–H and O–H groups in total. The first-order valence-electron chi connectivity index (χ1n) is 9.41. The van der Waals surface area contributed by atoms with Crippen LogP contribution in [-0.2, 0) is 16.0 Å². The van der Waals surface area contributed by atoms with Gasteiger partial charge in [-0.15, -0.1) is 0 Å². The Morgan fingerprint density at radius 3 is 2.71 bits per heavy atom. The summed E-state index contributed by atoms with van der Waals surface area (Å²) in [6, 6.07) is 12.2. The molecular formula is C22H25NO5. The molecule has 148 valence electrons. The molecule has 6 nitrogen and oxygen atoms in total. The molecule has 0 saturated carbocycles. The normalized spacial score (nSPS) is 16.4.